The van der Waals surface area contributed by atoms with Crippen molar-refractivity contribution >= 4 is 23.7 Å². The topological polar surface area (TPSA) is 94.2 Å². The van der Waals surface area contributed by atoms with Crippen LogP contribution in [0.2, 0.25) is 0 Å². The van der Waals surface area contributed by atoms with Crippen LogP contribution in [0, 0.1) is 0 Å². The standard InChI is InChI=1S/C22H22N2O6/c1-4-29-20(26)13-5-8-15(9-6-13)24-21(27)23-17-12-22(24,2)30-18-10-7-14(11-16(17)18)19(25)28-3/h5-11,17H,4,12H2,1-3H3,(H,23,27)/t17-,22-/m1/s1. The van der Waals surface area contributed by atoms with Crippen molar-refractivity contribution < 1.29 is 28.6 Å². The van der Waals surface area contributed by atoms with Gasteiger partial charge in [-0.2, -0.15) is 0 Å². The quantitative estimate of drug-likeness (QED) is 0.777. The van der Waals surface area contributed by atoms with Gasteiger partial charge in [0, 0.05) is 17.7 Å². The van der Waals surface area contributed by atoms with E-state index < -0.39 is 17.7 Å². The first-order valence-electron chi connectivity index (χ1n) is 9.65. The van der Waals surface area contributed by atoms with Crippen LogP contribution in [0.4, 0.5) is 10.5 Å². The minimum atomic E-state index is -0.932. The monoisotopic (exact) mass is 410 g/mol. The van der Waals surface area contributed by atoms with Crippen LogP contribution in [0.5, 0.6) is 5.75 Å². The van der Waals surface area contributed by atoms with E-state index in [1.165, 1.54) is 12.0 Å². The lowest BCUT2D eigenvalue weighted by Crippen LogP contribution is -2.65. The third-order valence-electron chi connectivity index (χ3n) is 5.33. The Morgan fingerprint density at radius 1 is 1.17 bits per heavy atom. The van der Waals surface area contributed by atoms with Gasteiger partial charge in [-0.3, -0.25) is 4.90 Å². The number of carbonyl (C=O) groups is 3. The fourth-order valence-electron chi connectivity index (χ4n) is 3.97. The second-order valence-corrected chi connectivity index (χ2v) is 7.33. The summed E-state index contributed by atoms with van der Waals surface area (Å²) in [6.07, 6.45) is 0.482. The molecule has 0 spiro atoms. The number of urea groups is 1. The van der Waals surface area contributed by atoms with Crippen LogP contribution in [0.1, 0.15) is 52.6 Å². The van der Waals surface area contributed by atoms with Crippen molar-refractivity contribution in [1.29, 1.82) is 0 Å². The molecule has 156 valence electrons. The van der Waals surface area contributed by atoms with E-state index in [2.05, 4.69) is 5.32 Å². The minimum absolute atomic E-state index is 0.291. The molecule has 0 saturated carbocycles. The molecule has 0 radical (unpaired) electrons. The first-order chi connectivity index (χ1) is 14.4. The van der Waals surface area contributed by atoms with Crippen molar-refractivity contribution in [2.45, 2.75) is 32.0 Å². The maximum Gasteiger partial charge on any atom is 0.338 e. The summed E-state index contributed by atoms with van der Waals surface area (Å²) in [5, 5.41) is 2.98. The maximum absolute atomic E-state index is 13.0. The molecule has 0 unspecified atom stereocenters. The molecule has 2 amide bonds. The number of hydrogen-bond donors (Lipinski definition) is 1. The Labute approximate surface area is 173 Å². The average molecular weight is 410 g/mol. The number of fused-ring (bicyclic) bond motifs is 4. The van der Waals surface area contributed by atoms with Crippen molar-refractivity contribution in [2.24, 2.45) is 0 Å². The molecule has 2 aliphatic heterocycles. The molecule has 2 aliphatic rings. The number of methoxy groups -OCH3 is 1. The summed E-state index contributed by atoms with van der Waals surface area (Å²) < 4.78 is 16.0. The Morgan fingerprint density at radius 3 is 2.53 bits per heavy atom. The Balaban J connectivity index is 1.66. The number of carbonyl (C=O) groups excluding carboxylic acids is 3. The van der Waals surface area contributed by atoms with E-state index in [4.69, 9.17) is 14.2 Å². The van der Waals surface area contributed by atoms with Crippen molar-refractivity contribution in [3.05, 3.63) is 59.2 Å². The Morgan fingerprint density at radius 2 is 1.87 bits per heavy atom. The SMILES string of the molecule is CCOC(=O)c1ccc(N2C(=O)N[C@@H]3C[C@@]2(C)Oc2ccc(C(=O)OC)cc23)cc1. The van der Waals surface area contributed by atoms with Gasteiger partial charge in [0.25, 0.3) is 0 Å². The molecule has 0 aliphatic carbocycles. The Bertz CT molecular complexity index is 1020. The molecular formula is C22H22N2O6. The van der Waals surface area contributed by atoms with Gasteiger partial charge in [0.1, 0.15) is 5.75 Å². The normalized spacial score (nSPS) is 21.8. The Hall–Kier alpha value is -3.55. The van der Waals surface area contributed by atoms with E-state index in [9.17, 15) is 14.4 Å². The third-order valence-corrected chi connectivity index (χ3v) is 5.33. The van der Waals surface area contributed by atoms with Gasteiger partial charge in [0.05, 0.1) is 30.9 Å². The highest BCUT2D eigenvalue weighted by Gasteiger charge is 2.50. The van der Waals surface area contributed by atoms with Crippen molar-refractivity contribution in [3.63, 3.8) is 0 Å². The summed E-state index contributed by atoms with van der Waals surface area (Å²) in [7, 11) is 1.32. The minimum Gasteiger partial charge on any atom is -0.467 e. The van der Waals surface area contributed by atoms with Crippen LogP contribution in [0.25, 0.3) is 0 Å². The van der Waals surface area contributed by atoms with Crippen LogP contribution >= 0.6 is 0 Å². The van der Waals surface area contributed by atoms with E-state index in [0.717, 1.165) is 5.56 Å². The van der Waals surface area contributed by atoms with Crippen LogP contribution in [0.15, 0.2) is 42.5 Å². The fourth-order valence-corrected chi connectivity index (χ4v) is 3.97. The number of esters is 2. The molecule has 2 aromatic rings. The second kappa shape index (κ2) is 7.37. The lowest BCUT2D eigenvalue weighted by Gasteiger charge is -2.50. The van der Waals surface area contributed by atoms with E-state index in [-0.39, 0.29) is 12.1 Å². The number of amides is 2. The van der Waals surface area contributed by atoms with Crippen LogP contribution in [0.3, 0.4) is 0 Å². The van der Waals surface area contributed by atoms with Gasteiger partial charge >= 0.3 is 18.0 Å². The van der Waals surface area contributed by atoms with Crippen LogP contribution in [-0.4, -0.2) is 37.4 Å². The van der Waals surface area contributed by atoms with Gasteiger partial charge in [-0.15, -0.1) is 0 Å². The van der Waals surface area contributed by atoms with Gasteiger partial charge in [0.2, 0.25) is 0 Å². The van der Waals surface area contributed by atoms with Gasteiger partial charge in [0.15, 0.2) is 5.72 Å². The molecule has 2 heterocycles. The zero-order chi connectivity index (χ0) is 21.5. The first kappa shape index (κ1) is 19.8. The molecular weight excluding hydrogens is 388 g/mol. The molecule has 0 aromatic heterocycles. The predicted molar refractivity (Wildman–Crippen MR) is 108 cm³/mol. The molecule has 8 heteroatoms. The summed E-state index contributed by atoms with van der Waals surface area (Å²) in [5.74, 6) is -0.270. The summed E-state index contributed by atoms with van der Waals surface area (Å²) in [6, 6.07) is 11.0. The number of benzene rings is 2. The second-order valence-electron chi connectivity index (χ2n) is 7.33. The fraction of sp³-hybridized carbons (Fsp3) is 0.318. The van der Waals surface area contributed by atoms with E-state index in [0.29, 0.717) is 35.6 Å². The summed E-state index contributed by atoms with van der Waals surface area (Å²) in [6.45, 7) is 3.88. The molecule has 2 aromatic carbocycles. The maximum atomic E-state index is 13.0. The number of anilines is 1. The van der Waals surface area contributed by atoms with Crippen molar-refractivity contribution in [2.75, 3.05) is 18.6 Å². The first-order valence-corrected chi connectivity index (χ1v) is 9.65. The summed E-state index contributed by atoms with van der Waals surface area (Å²) >= 11 is 0. The molecule has 1 saturated heterocycles. The van der Waals surface area contributed by atoms with Gasteiger partial charge in [-0.05, 0) is 56.3 Å². The highest BCUT2D eigenvalue weighted by Crippen LogP contribution is 2.45. The van der Waals surface area contributed by atoms with Crippen LogP contribution < -0.4 is 15.0 Å². The zero-order valence-corrected chi connectivity index (χ0v) is 16.9. The van der Waals surface area contributed by atoms with E-state index >= 15 is 0 Å². The number of hydrogen-bond acceptors (Lipinski definition) is 6. The van der Waals surface area contributed by atoms with E-state index in [1.54, 1.807) is 49.4 Å². The number of ether oxygens (including phenoxy) is 3. The molecule has 1 fully saturated rings. The van der Waals surface area contributed by atoms with Crippen molar-refractivity contribution in [3.8, 4) is 5.75 Å². The smallest absolute Gasteiger partial charge is 0.338 e. The molecule has 4 rings (SSSR count). The lowest BCUT2D eigenvalue weighted by molar-refractivity contribution is 0.0377. The highest BCUT2D eigenvalue weighted by molar-refractivity contribution is 5.96. The van der Waals surface area contributed by atoms with Gasteiger partial charge in [-0.25, -0.2) is 14.4 Å². The predicted octanol–water partition coefficient (Wildman–Crippen LogP) is 3.42. The summed E-state index contributed by atoms with van der Waals surface area (Å²) in [5.41, 5.74) is 1.20. The summed E-state index contributed by atoms with van der Waals surface area (Å²) in [4.78, 5) is 38.3. The number of rotatable bonds is 4. The largest absolute Gasteiger partial charge is 0.467 e. The molecule has 30 heavy (non-hydrogen) atoms. The van der Waals surface area contributed by atoms with Gasteiger partial charge < -0.3 is 19.5 Å². The molecule has 2 atom stereocenters. The zero-order valence-electron chi connectivity index (χ0n) is 16.9. The van der Waals surface area contributed by atoms with Crippen LogP contribution in [-0.2, 0) is 9.47 Å². The third kappa shape index (κ3) is 3.24. The average Bonchev–Trinajstić information content (AvgIpc) is 2.73. The number of nitrogens with zero attached hydrogens (tertiary/aromatic N) is 1. The van der Waals surface area contributed by atoms with Crippen molar-refractivity contribution in [1.82, 2.24) is 5.32 Å². The lowest BCUT2D eigenvalue weighted by atomic mass is 9.89. The van der Waals surface area contributed by atoms with E-state index in [1.807, 2.05) is 6.92 Å². The van der Waals surface area contributed by atoms with Gasteiger partial charge in [-0.1, -0.05) is 0 Å². The molecule has 2 bridgehead atoms. The molecule has 1 N–H and O–H groups in total. The Kier molecular flexibility index (Phi) is 4.85. The highest BCUT2D eigenvalue weighted by atomic mass is 16.5. The number of nitrogens with one attached hydrogen (secondary N) is 1. The molecule has 8 nitrogen and oxygen atoms in total.